The van der Waals surface area contributed by atoms with Crippen molar-refractivity contribution in [3.63, 3.8) is 0 Å². The lowest BCUT2D eigenvalue weighted by molar-refractivity contribution is -0.127. The summed E-state index contributed by atoms with van der Waals surface area (Å²) in [5, 5.41) is 18.3. The molecule has 1 atom stereocenters. The van der Waals surface area contributed by atoms with Crippen molar-refractivity contribution in [3.8, 4) is 6.07 Å². The first-order valence-electron chi connectivity index (χ1n) is 9.35. The first kappa shape index (κ1) is 21.9. The Kier molecular flexibility index (Phi) is 8.48. The molecule has 0 radical (unpaired) electrons. The van der Waals surface area contributed by atoms with Gasteiger partial charge in [0.05, 0.1) is 30.8 Å². The molecule has 0 aliphatic heterocycles. The van der Waals surface area contributed by atoms with Crippen LogP contribution in [0.25, 0.3) is 0 Å². The smallest absolute Gasteiger partial charge is 0.232 e. The predicted octanol–water partition coefficient (Wildman–Crippen LogP) is 2.80. The van der Waals surface area contributed by atoms with Crippen molar-refractivity contribution in [3.05, 3.63) is 41.7 Å². The van der Waals surface area contributed by atoms with Crippen LogP contribution in [0.15, 0.2) is 35.5 Å². The van der Waals surface area contributed by atoms with Crippen LogP contribution in [-0.4, -0.2) is 63.9 Å². The van der Waals surface area contributed by atoms with Gasteiger partial charge in [0.1, 0.15) is 0 Å². The van der Waals surface area contributed by atoms with Crippen LogP contribution in [0.3, 0.4) is 0 Å². The number of nitrogens with zero attached hydrogens (tertiary/aromatic N) is 6. The molecule has 1 amide bonds. The highest BCUT2D eigenvalue weighted by Crippen LogP contribution is 2.26. The molecule has 0 aliphatic carbocycles. The van der Waals surface area contributed by atoms with Gasteiger partial charge in [-0.05, 0) is 26.1 Å². The standard InChI is InChI=1S/C20H28N6OS/c1-5-17(24(2)3)19-22-23-20(26(19)14-16-10-7-6-8-11-16)28-15-18(27)25(4)13-9-12-21/h6-8,10-11,17H,5,9,13-15H2,1-4H3/t17-/m0/s1. The van der Waals surface area contributed by atoms with Crippen molar-refractivity contribution < 1.29 is 4.79 Å². The number of carbonyl (C=O) groups excluding carboxylic acids is 1. The molecule has 0 bridgehead atoms. The number of benzene rings is 1. The van der Waals surface area contributed by atoms with Gasteiger partial charge >= 0.3 is 0 Å². The van der Waals surface area contributed by atoms with E-state index in [4.69, 9.17) is 5.26 Å². The minimum atomic E-state index is -0.0179. The zero-order valence-corrected chi connectivity index (χ0v) is 17.8. The number of carbonyl (C=O) groups is 1. The summed E-state index contributed by atoms with van der Waals surface area (Å²) in [6.45, 7) is 3.23. The molecule has 8 heteroatoms. The van der Waals surface area contributed by atoms with Gasteiger partial charge in [-0.2, -0.15) is 5.26 Å². The number of hydrogen-bond acceptors (Lipinski definition) is 6. The summed E-state index contributed by atoms with van der Waals surface area (Å²) < 4.78 is 2.11. The van der Waals surface area contributed by atoms with Crippen molar-refractivity contribution in [2.45, 2.75) is 37.5 Å². The third kappa shape index (κ3) is 5.81. The quantitative estimate of drug-likeness (QED) is 0.571. The molecule has 28 heavy (non-hydrogen) atoms. The maximum atomic E-state index is 12.3. The summed E-state index contributed by atoms with van der Waals surface area (Å²) in [5.41, 5.74) is 1.16. The van der Waals surface area contributed by atoms with E-state index in [9.17, 15) is 4.79 Å². The SMILES string of the molecule is CC[C@@H](c1nnc(SCC(=O)N(C)CCC#N)n1Cc1ccccc1)N(C)C. The van der Waals surface area contributed by atoms with Gasteiger partial charge in [0.25, 0.3) is 0 Å². The highest BCUT2D eigenvalue weighted by atomic mass is 32.2. The minimum Gasteiger partial charge on any atom is -0.344 e. The van der Waals surface area contributed by atoms with Gasteiger partial charge in [-0.1, -0.05) is 49.0 Å². The molecule has 0 saturated heterocycles. The summed E-state index contributed by atoms with van der Waals surface area (Å²) >= 11 is 1.39. The topological polar surface area (TPSA) is 78.0 Å². The number of amides is 1. The summed E-state index contributed by atoms with van der Waals surface area (Å²) in [6.07, 6.45) is 1.25. The lowest BCUT2D eigenvalue weighted by Crippen LogP contribution is -2.29. The van der Waals surface area contributed by atoms with Crippen LogP contribution in [-0.2, 0) is 11.3 Å². The van der Waals surface area contributed by atoms with E-state index in [2.05, 4.69) is 44.8 Å². The highest BCUT2D eigenvalue weighted by molar-refractivity contribution is 7.99. The van der Waals surface area contributed by atoms with E-state index in [-0.39, 0.29) is 17.7 Å². The first-order valence-corrected chi connectivity index (χ1v) is 10.3. The number of thioether (sulfide) groups is 1. The van der Waals surface area contributed by atoms with Crippen molar-refractivity contribution in [2.75, 3.05) is 33.4 Å². The van der Waals surface area contributed by atoms with E-state index in [1.807, 2.05) is 32.3 Å². The Balaban J connectivity index is 2.22. The summed E-state index contributed by atoms with van der Waals surface area (Å²) in [4.78, 5) is 16.1. The zero-order valence-electron chi connectivity index (χ0n) is 17.0. The van der Waals surface area contributed by atoms with Crippen LogP contribution in [0, 0.1) is 11.3 Å². The molecule has 0 fully saturated rings. The molecule has 0 aliphatic rings. The normalized spacial score (nSPS) is 12.0. The van der Waals surface area contributed by atoms with Gasteiger partial charge in [-0.25, -0.2) is 0 Å². The van der Waals surface area contributed by atoms with E-state index in [0.29, 0.717) is 19.5 Å². The van der Waals surface area contributed by atoms with Crippen molar-refractivity contribution in [1.82, 2.24) is 24.6 Å². The lowest BCUT2D eigenvalue weighted by atomic mass is 10.2. The first-order chi connectivity index (χ1) is 13.5. The molecule has 7 nitrogen and oxygen atoms in total. The van der Waals surface area contributed by atoms with Gasteiger partial charge in [-0.3, -0.25) is 9.69 Å². The molecule has 1 aromatic heterocycles. The van der Waals surface area contributed by atoms with E-state index in [0.717, 1.165) is 23.0 Å². The van der Waals surface area contributed by atoms with E-state index < -0.39 is 0 Å². The fourth-order valence-electron chi connectivity index (χ4n) is 2.93. The minimum absolute atomic E-state index is 0.0179. The van der Waals surface area contributed by atoms with E-state index in [1.54, 1.807) is 11.9 Å². The van der Waals surface area contributed by atoms with Crippen LogP contribution < -0.4 is 0 Å². The average molecular weight is 401 g/mol. The molecule has 0 spiro atoms. The molecule has 1 heterocycles. The van der Waals surface area contributed by atoms with Gasteiger partial charge in [0.15, 0.2) is 11.0 Å². The molecule has 150 valence electrons. The second-order valence-electron chi connectivity index (χ2n) is 6.81. The summed E-state index contributed by atoms with van der Waals surface area (Å²) in [7, 11) is 5.80. The predicted molar refractivity (Wildman–Crippen MR) is 111 cm³/mol. The summed E-state index contributed by atoms with van der Waals surface area (Å²) in [5.74, 6) is 1.16. The van der Waals surface area contributed by atoms with Crippen LogP contribution >= 0.6 is 11.8 Å². The fourth-order valence-corrected chi connectivity index (χ4v) is 3.81. The van der Waals surface area contributed by atoms with Gasteiger partial charge < -0.3 is 9.47 Å². The lowest BCUT2D eigenvalue weighted by Gasteiger charge is -2.23. The second-order valence-corrected chi connectivity index (χ2v) is 7.75. The third-order valence-corrected chi connectivity index (χ3v) is 5.50. The molecular weight excluding hydrogens is 372 g/mol. The Morgan fingerprint density at radius 3 is 2.57 bits per heavy atom. The monoisotopic (exact) mass is 400 g/mol. The van der Waals surface area contributed by atoms with Crippen LogP contribution in [0.2, 0.25) is 0 Å². The number of rotatable bonds is 10. The van der Waals surface area contributed by atoms with Crippen molar-refractivity contribution in [1.29, 1.82) is 5.26 Å². The molecular formula is C20H28N6OS. The van der Waals surface area contributed by atoms with E-state index >= 15 is 0 Å². The van der Waals surface area contributed by atoms with Crippen LogP contribution in [0.5, 0.6) is 0 Å². The average Bonchev–Trinajstić information content (AvgIpc) is 3.07. The molecule has 2 rings (SSSR count). The molecule has 2 aromatic rings. The van der Waals surface area contributed by atoms with Crippen LogP contribution in [0.1, 0.15) is 37.2 Å². The van der Waals surface area contributed by atoms with Crippen molar-refractivity contribution >= 4 is 17.7 Å². The molecule has 0 N–H and O–H groups in total. The third-order valence-electron chi connectivity index (χ3n) is 4.55. The highest BCUT2D eigenvalue weighted by Gasteiger charge is 2.23. The Morgan fingerprint density at radius 2 is 1.96 bits per heavy atom. The molecule has 0 saturated carbocycles. The Labute approximate surface area is 171 Å². The number of nitriles is 1. The van der Waals surface area contributed by atoms with E-state index in [1.165, 1.54) is 11.8 Å². The van der Waals surface area contributed by atoms with Crippen molar-refractivity contribution in [2.24, 2.45) is 0 Å². The van der Waals surface area contributed by atoms with Crippen LogP contribution in [0.4, 0.5) is 0 Å². The van der Waals surface area contributed by atoms with Gasteiger partial charge in [0.2, 0.25) is 5.91 Å². The molecule has 0 unspecified atom stereocenters. The Morgan fingerprint density at radius 1 is 1.25 bits per heavy atom. The maximum absolute atomic E-state index is 12.3. The second kappa shape index (κ2) is 10.8. The number of hydrogen-bond donors (Lipinski definition) is 0. The van der Waals surface area contributed by atoms with Gasteiger partial charge in [-0.15, -0.1) is 10.2 Å². The zero-order chi connectivity index (χ0) is 20.5. The summed E-state index contributed by atoms with van der Waals surface area (Å²) in [6, 6.07) is 12.4. The number of aromatic nitrogens is 3. The molecule has 1 aromatic carbocycles. The fraction of sp³-hybridized carbons (Fsp3) is 0.500. The maximum Gasteiger partial charge on any atom is 0.232 e. The van der Waals surface area contributed by atoms with Gasteiger partial charge in [0, 0.05) is 13.6 Å². The Hall–Kier alpha value is -2.37. The Bertz CT molecular complexity index is 799. The largest absolute Gasteiger partial charge is 0.344 e.